The molecule has 2 unspecified atom stereocenters. The maximum absolute atomic E-state index is 12.5. The van der Waals surface area contributed by atoms with Crippen LogP contribution in [0.4, 0.5) is 0 Å². The van der Waals surface area contributed by atoms with Gasteiger partial charge in [-0.25, -0.2) is 13.1 Å². The van der Waals surface area contributed by atoms with Crippen molar-refractivity contribution in [1.29, 1.82) is 0 Å². The van der Waals surface area contributed by atoms with E-state index in [1.165, 1.54) is 12.1 Å². The molecule has 1 aromatic rings. The Labute approximate surface area is 129 Å². The van der Waals surface area contributed by atoms with Crippen LogP contribution in [0.2, 0.25) is 10.0 Å². The van der Waals surface area contributed by atoms with Crippen molar-refractivity contribution in [3.63, 3.8) is 0 Å². The summed E-state index contributed by atoms with van der Waals surface area (Å²) in [5, 5.41) is 0.496. The van der Waals surface area contributed by atoms with Gasteiger partial charge >= 0.3 is 0 Å². The number of sulfonamides is 1. The molecule has 0 spiro atoms. The zero-order chi connectivity index (χ0) is 14.9. The van der Waals surface area contributed by atoms with Gasteiger partial charge in [0.1, 0.15) is 4.90 Å². The lowest BCUT2D eigenvalue weighted by atomic mass is 10.1. The quantitative estimate of drug-likeness (QED) is 0.887. The van der Waals surface area contributed by atoms with Crippen molar-refractivity contribution in [1.82, 2.24) is 4.72 Å². The maximum atomic E-state index is 12.5. The van der Waals surface area contributed by atoms with Gasteiger partial charge in [-0.05, 0) is 36.5 Å². The summed E-state index contributed by atoms with van der Waals surface area (Å²) in [6.45, 7) is 2.22. The van der Waals surface area contributed by atoms with Crippen molar-refractivity contribution in [3.8, 4) is 0 Å². The van der Waals surface area contributed by atoms with Gasteiger partial charge in [0.25, 0.3) is 0 Å². The van der Waals surface area contributed by atoms with E-state index in [-0.39, 0.29) is 22.5 Å². The third kappa shape index (κ3) is 3.28. The predicted octanol–water partition coefficient (Wildman–Crippen LogP) is 2.92. The van der Waals surface area contributed by atoms with Crippen molar-refractivity contribution in [2.45, 2.75) is 43.7 Å². The number of nitrogens with one attached hydrogen (secondary N) is 1. The van der Waals surface area contributed by atoms with E-state index in [4.69, 9.17) is 28.9 Å². The van der Waals surface area contributed by atoms with E-state index in [2.05, 4.69) is 11.6 Å². The topological polar surface area (TPSA) is 72.2 Å². The highest BCUT2D eigenvalue weighted by Crippen LogP contribution is 2.31. The van der Waals surface area contributed by atoms with Crippen LogP contribution in [-0.2, 0) is 16.6 Å². The van der Waals surface area contributed by atoms with Crippen molar-refractivity contribution in [3.05, 3.63) is 27.7 Å². The van der Waals surface area contributed by atoms with Gasteiger partial charge in [0.2, 0.25) is 10.0 Å². The van der Waals surface area contributed by atoms with E-state index in [1.54, 1.807) is 0 Å². The van der Waals surface area contributed by atoms with E-state index in [9.17, 15) is 8.42 Å². The lowest BCUT2D eigenvalue weighted by Gasteiger charge is -2.18. The highest BCUT2D eigenvalue weighted by molar-refractivity contribution is 7.89. The first kappa shape index (κ1) is 16.0. The van der Waals surface area contributed by atoms with E-state index in [0.29, 0.717) is 16.5 Å². The largest absolute Gasteiger partial charge is 0.326 e. The first-order valence-corrected chi connectivity index (χ1v) is 8.79. The molecule has 0 radical (unpaired) electrons. The van der Waals surface area contributed by atoms with E-state index in [1.807, 2.05) is 0 Å². The van der Waals surface area contributed by atoms with Crippen LogP contribution in [0.25, 0.3) is 0 Å². The minimum absolute atomic E-state index is 0.0342. The van der Waals surface area contributed by atoms with Gasteiger partial charge in [0.05, 0.1) is 5.02 Å². The van der Waals surface area contributed by atoms with Gasteiger partial charge < -0.3 is 5.73 Å². The van der Waals surface area contributed by atoms with E-state index >= 15 is 0 Å². The Bertz CT molecular complexity index is 605. The minimum Gasteiger partial charge on any atom is -0.326 e. The number of halogens is 2. The van der Waals surface area contributed by atoms with Crippen LogP contribution in [0.1, 0.15) is 31.7 Å². The molecular weight excluding hydrogens is 319 g/mol. The first-order valence-electron chi connectivity index (χ1n) is 6.55. The molecule has 0 saturated heterocycles. The van der Waals surface area contributed by atoms with Crippen LogP contribution in [0.5, 0.6) is 0 Å². The highest BCUT2D eigenvalue weighted by Gasteiger charge is 2.29. The molecule has 0 heterocycles. The first-order chi connectivity index (χ1) is 9.35. The lowest BCUT2D eigenvalue weighted by Crippen LogP contribution is -2.36. The molecule has 0 aromatic heterocycles. The van der Waals surface area contributed by atoms with Gasteiger partial charge in [0.15, 0.2) is 0 Å². The van der Waals surface area contributed by atoms with Gasteiger partial charge in [-0.2, -0.15) is 0 Å². The van der Waals surface area contributed by atoms with Crippen LogP contribution in [-0.4, -0.2) is 14.5 Å². The SMILES string of the molecule is CC1CCCC1NS(=O)(=O)c1cc(CN)c(Cl)cc1Cl. The number of nitrogens with two attached hydrogens (primary N) is 1. The molecule has 3 N–H and O–H groups in total. The zero-order valence-electron chi connectivity index (χ0n) is 11.2. The summed E-state index contributed by atoms with van der Waals surface area (Å²) in [5.74, 6) is 0.338. The second kappa shape index (κ2) is 6.20. The van der Waals surface area contributed by atoms with Crippen LogP contribution < -0.4 is 10.5 Å². The predicted molar refractivity (Wildman–Crippen MR) is 81.5 cm³/mol. The van der Waals surface area contributed by atoms with Crippen molar-refractivity contribution in [2.75, 3.05) is 0 Å². The molecule has 2 atom stereocenters. The summed E-state index contributed by atoms with van der Waals surface area (Å²) in [7, 11) is -3.65. The molecule has 7 heteroatoms. The Hall–Kier alpha value is -0.330. The fourth-order valence-corrected chi connectivity index (χ4v) is 4.77. The minimum atomic E-state index is -3.65. The van der Waals surface area contributed by atoms with Gasteiger partial charge in [-0.3, -0.25) is 0 Å². The van der Waals surface area contributed by atoms with Crippen LogP contribution in [0.3, 0.4) is 0 Å². The monoisotopic (exact) mass is 336 g/mol. The smallest absolute Gasteiger partial charge is 0.242 e. The molecule has 4 nitrogen and oxygen atoms in total. The zero-order valence-corrected chi connectivity index (χ0v) is 13.5. The summed E-state index contributed by atoms with van der Waals surface area (Å²) in [6, 6.07) is 2.85. The molecule has 112 valence electrons. The Morgan fingerprint density at radius 1 is 1.30 bits per heavy atom. The van der Waals surface area contributed by atoms with Crippen LogP contribution in [0.15, 0.2) is 17.0 Å². The summed E-state index contributed by atoms with van der Waals surface area (Å²) >= 11 is 12.0. The lowest BCUT2D eigenvalue weighted by molar-refractivity contribution is 0.476. The second-order valence-corrected chi connectivity index (χ2v) is 7.71. The standard InChI is InChI=1S/C13H18Cl2N2O2S/c1-8-3-2-4-12(8)17-20(18,19)13-5-9(7-16)10(14)6-11(13)15/h5-6,8,12,17H,2-4,7,16H2,1H3. The van der Waals surface area contributed by atoms with Crippen molar-refractivity contribution in [2.24, 2.45) is 11.7 Å². The van der Waals surface area contributed by atoms with Gasteiger partial charge in [-0.1, -0.05) is 36.5 Å². The average Bonchev–Trinajstić information content (AvgIpc) is 2.74. The van der Waals surface area contributed by atoms with E-state index in [0.717, 1.165) is 19.3 Å². The highest BCUT2D eigenvalue weighted by atomic mass is 35.5. The molecular formula is C13H18Cl2N2O2S. The number of hydrogen-bond acceptors (Lipinski definition) is 3. The Kier molecular flexibility index (Phi) is 4.97. The summed E-state index contributed by atoms with van der Waals surface area (Å²) in [5.41, 5.74) is 6.12. The van der Waals surface area contributed by atoms with Gasteiger partial charge in [0, 0.05) is 17.6 Å². The molecule has 1 fully saturated rings. The number of benzene rings is 1. The van der Waals surface area contributed by atoms with Crippen molar-refractivity contribution >= 4 is 33.2 Å². The summed E-state index contributed by atoms with van der Waals surface area (Å²) < 4.78 is 27.6. The number of hydrogen-bond donors (Lipinski definition) is 2. The average molecular weight is 337 g/mol. The molecule has 2 rings (SSSR count). The van der Waals surface area contributed by atoms with Gasteiger partial charge in [-0.15, -0.1) is 0 Å². The summed E-state index contributed by atoms with van der Waals surface area (Å²) in [4.78, 5) is 0.0446. The van der Waals surface area contributed by atoms with Crippen molar-refractivity contribution < 1.29 is 8.42 Å². The molecule has 1 aromatic carbocycles. The molecule has 1 aliphatic rings. The summed E-state index contributed by atoms with van der Waals surface area (Å²) in [6.07, 6.45) is 2.93. The third-order valence-electron chi connectivity index (χ3n) is 3.78. The fourth-order valence-electron chi connectivity index (χ4n) is 2.52. The Morgan fingerprint density at radius 2 is 2.00 bits per heavy atom. The molecule has 0 bridgehead atoms. The second-order valence-electron chi connectivity index (χ2n) is 5.21. The Morgan fingerprint density at radius 3 is 2.55 bits per heavy atom. The van der Waals surface area contributed by atoms with E-state index < -0.39 is 10.0 Å². The fraction of sp³-hybridized carbons (Fsp3) is 0.538. The molecule has 1 aliphatic carbocycles. The molecule has 0 amide bonds. The maximum Gasteiger partial charge on any atom is 0.242 e. The third-order valence-corrected chi connectivity index (χ3v) is 6.08. The Balaban J connectivity index is 2.34. The number of rotatable bonds is 4. The molecule has 1 saturated carbocycles. The normalized spacial score (nSPS) is 23.2. The van der Waals surface area contributed by atoms with Crippen LogP contribution >= 0.6 is 23.2 Å². The van der Waals surface area contributed by atoms with Crippen LogP contribution in [0, 0.1) is 5.92 Å². The molecule has 0 aliphatic heterocycles. The molecule has 20 heavy (non-hydrogen) atoms.